The highest BCUT2D eigenvalue weighted by Crippen LogP contribution is 2.37. The average Bonchev–Trinajstić information content (AvgIpc) is 2.87. The Morgan fingerprint density at radius 3 is 2.58 bits per heavy atom. The molecule has 3 nitrogen and oxygen atoms in total. The summed E-state index contributed by atoms with van der Waals surface area (Å²) >= 11 is 0. The first-order chi connectivity index (χ1) is 9.07. The number of benzene rings is 1. The van der Waals surface area contributed by atoms with Gasteiger partial charge in [0, 0.05) is 24.7 Å². The first-order valence-corrected chi connectivity index (χ1v) is 6.50. The highest BCUT2D eigenvalue weighted by Gasteiger charge is 2.39. The summed E-state index contributed by atoms with van der Waals surface area (Å²) in [6.45, 7) is 0.372. The molecule has 1 aromatic carbocycles. The minimum Gasteiger partial charge on any atom is -0.351 e. The van der Waals surface area contributed by atoms with E-state index in [0.29, 0.717) is 6.54 Å². The highest BCUT2D eigenvalue weighted by atomic mass is 19.1. The molecule has 0 radical (unpaired) electrons. The normalized spacial score (nSPS) is 17.4. The van der Waals surface area contributed by atoms with E-state index in [-0.39, 0.29) is 18.0 Å². The molecule has 0 aromatic heterocycles. The van der Waals surface area contributed by atoms with Crippen molar-refractivity contribution >= 4 is 5.91 Å². The summed E-state index contributed by atoms with van der Waals surface area (Å²) in [6.07, 6.45) is 3.55. The highest BCUT2D eigenvalue weighted by molar-refractivity contribution is 5.83. The second kappa shape index (κ2) is 5.65. The molecule has 2 rings (SSSR count). The summed E-state index contributed by atoms with van der Waals surface area (Å²) in [6, 6.07) is 3.34. The molecule has 1 amide bonds. The Kier molecular flexibility index (Phi) is 4.14. The third-order valence-electron chi connectivity index (χ3n) is 3.89. The second-order valence-corrected chi connectivity index (χ2v) is 5.11. The van der Waals surface area contributed by atoms with Crippen molar-refractivity contribution in [3.8, 4) is 0 Å². The van der Waals surface area contributed by atoms with Gasteiger partial charge in [-0.25, -0.2) is 8.78 Å². The number of carbonyl (C=O) groups is 1. The average molecular weight is 268 g/mol. The third kappa shape index (κ3) is 2.92. The van der Waals surface area contributed by atoms with Gasteiger partial charge in [-0.2, -0.15) is 0 Å². The number of amides is 1. The molecule has 5 heteroatoms. The Bertz CT molecular complexity index is 471. The van der Waals surface area contributed by atoms with E-state index in [1.165, 1.54) is 12.1 Å². The molecule has 0 unspecified atom stereocenters. The van der Waals surface area contributed by atoms with Crippen LogP contribution in [0.4, 0.5) is 8.78 Å². The van der Waals surface area contributed by atoms with Gasteiger partial charge in [0.25, 0.3) is 0 Å². The van der Waals surface area contributed by atoms with E-state index in [0.717, 1.165) is 31.7 Å². The van der Waals surface area contributed by atoms with Crippen LogP contribution in [0.5, 0.6) is 0 Å². The largest absolute Gasteiger partial charge is 0.351 e. The standard InChI is InChI=1S/C14H18F2N2O/c15-11-4-3-10(12(16)7-11)8-18-13(19)14(9-17)5-1-2-6-14/h3-4,7H,1-2,5-6,8-9,17H2,(H,18,19). The van der Waals surface area contributed by atoms with Crippen molar-refractivity contribution in [1.82, 2.24) is 5.32 Å². The van der Waals surface area contributed by atoms with Crippen molar-refractivity contribution in [3.05, 3.63) is 35.4 Å². The minimum absolute atomic E-state index is 0.0622. The second-order valence-electron chi connectivity index (χ2n) is 5.11. The summed E-state index contributed by atoms with van der Waals surface area (Å²) < 4.78 is 26.2. The monoisotopic (exact) mass is 268 g/mol. The van der Waals surface area contributed by atoms with E-state index in [2.05, 4.69) is 5.32 Å². The molecule has 0 atom stereocenters. The fourth-order valence-electron chi connectivity index (χ4n) is 2.60. The van der Waals surface area contributed by atoms with Crippen LogP contribution in [0, 0.1) is 17.0 Å². The zero-order valence-electron chi connectivity index (χ0n) is 10.7. The van der Waals surface area contributed by atoms with E-state index in [4.69, 9.17) is 5.73 Å². The molecule has 104 valence electrons. The zero-order valence-corrected chi connectivity index (χ0v) is 10.7. The lowest BCUT2D eigenvalue weighted by Crippen LogP contribution is -2.43. The molecule has 1 aliphatic carbocycles. The molecule has 0 bridgehead atoms. The Hall–Kier alpha value is -1.49. The molecule has 3 N–H and O–H groups in total. The van der Waals surface area contributed by atoms with Gasteiger partial charge in [0.05, 0.1) is 5.41 Å². The van der Waals surface area contributed by atoms with Crippen LogP contribution in [0.1, 0.15) is 31.2 Å². The first-order valence-electron chi connectivity index (χ1n) is 6.50. The fourth-order valence-corrected chi connectivity index (χ4v) is 2.60. The number of rotatable bonds is 4. The molecule has 19 heavy (non-hydrogen) atoms. The lowest BCUT2D eigenvalue weighted by molar-refractivity contribution is -0.130. The number of nitrogens with two attached hydrogens (primary N) is 1. The maximum absolute atomic E-state index is 13.4. The van der Waals surface area contributed by atoms with Gasteiger partial charge in [0.1, 0.15) is 11.6 Å². The van der Waals surface area contributed by atoms with E-state index >= 15 is 0 Å². The van der Waals surface area contributed by atoms with Crippen molar-refractivity contribution in [3.63, 3.8) is 0 Å². The summed E-state index contributed by atoms with van der Waals surface area (Å²) in [4.78, 5) is 12.2. The maximum atomic E-state index is 13.4. The van der Waals surface area contributed by atoms with Gasteiger partial charge in [-0.1, -0.05) is 18.9 Å². The number of hydrogen-bond acceptors (Lipinski definition) is 2. The first kappa shape index (κ1) is 13.9. The minimum atomic E-state index is -0.645. The van der Waals surface area contributed by atoms with Crippen molar-refractivity contribution in [2.24, 2.45) is 11.1 Å². The molecule has 1 saturated carbocycles. The summed E-state index contributed by atoms with van der Waals surface area (Å²) in [5.74, 6) is -1.40. The van der Waals surface area contributed by atoms with Crippen LogP contribution in [-0.2, 0) is 11.3 Å². The number of nitrogens with one attached hydrogen (secondary N) is 1. The topological polar surface area (TPSA) is 55.1 Å². The Labute approximate surface area is 111 Å². The zero-order chi connectivity index (χ0) is 13.9. The van der Waals surface area contributed by atoms with E-state index < -0.39 is 17.0 Å². The van der Waals surface area contributed by atoms with Crippen LogP contribution in [0.25, 0.3) is 0 Å². The summed E-state index contributed by atoms with van der Waals surface area (Å²) in [5.41, 5.74) is 5.48. The SMILES string of the molecule is NCC1(C(=O)NCc2ccc(F)cc2F)CCCC1. The maximum Gasteiger partial charge on any atom is 0.227 e. The van der Waals surface area contributed by atoms with Crippen LogP contribution in [0.2, 0.25) is 0 Å². The van der Waals surface area contributed by atoms with Gasteiger partial charge in [-0.3, -0.25) is 4.79 Å². The summed E-state index contributed by atoms with van der Waals surface area (Å²) in [7, 11) is 0. The third-order valence-corrected chi connectivity index (χ3v) is 3.89. The molecular formula is C14H18F2N2O. The van der Waals surface area contributed by atoms with Gasteiger partial charge in [0.15, 0.2) is 0 Å². The smallest absolute Gasteiger partial charge is 0.227 e. The molecule has 0 heterocycles. The van der Waals surface area contributed by atoms with E-state index in [1.807, 2.05) is 0 Å². The molecule has 1 aromatic rings. The van der Waals surface area contributed by atoms with Crippen LogP contribution >= 0.6 is 0 Å². The molecule has 0 saturated heterocycles. The van der Waals surface area contributed by atoms with Crippen molar-refractivity contribution in [2.45, 2.75) is 32.2 Å². The lowest BCUT2D eigenvalue weighted by Gasteiger charge is -2.25. The molecule has 0 spiro atoms. The van der Waals surface area contributed by atoms with E-state index in [1.54, 1.807) is 0 Å². The lowest BCUT2D eigenvalue weighted by atomic mass is 9.85. The van der Waals surface area contributed by atoms with Crippen molar-refractivity contribution in [2.75, 3.05) is 6.54 Å². The predicted molar refractivity (Wildman–Crippen MR) is 68.2 cm³/mol. The fraction of sp³-hybridized carbons (Fsp3) is 0.500. The molecule has 0 aliphatic heterocycles. The van der Waals surface area contributed by atoms with Gasteiger partial charge in [0.2, 0.25) is 5.91 Å². The van der Waals surface area contributed by atoms with Gasteiger partial charge in [-0.05, 0) is 18.9 Å². The molecular weight excluding hydrogens is 250 g/mol. The Morgan fingerprint density at radius 1 is 1.32 bits per heavy atom. The number of carbonyl (C=O) groups excluding carboxylic acids is 1. The quantitative estimate of drug-likeness (QED) is 0.878. The van der Waals surface area contributed by atoms with Crippen LogP contribution in [0.3, 0.4) is 0 Å². The molecule has 1 fully saturated rings. The van der Waals surface area contributed by atoms with Gasteiger partial charge < -0.3 is 11.1 Å². The van der Waals surface area contributed by atoms with Crippen LogP contribution < -0.4 is 11.1 Å². The van der Waals surface area contributed by atoms with Crippen molar-refractivity contribution < 1.29 is 13.6 Å². The number of halogens is 2. The predicted octanol–water partition coefficient (Wildman–Crippen LogP) is 2.10. The number of hydrogen-bond donors (Lipinski definition) is 2. The van der Waals surface area contributed by atoms with Crippen LogP contribution in [0.15, 0.2) is 18.2 Å². The van der Waals surface area contributed by atoms with Crippen molar-refractivity contribution in [1.29, 1.82) is 0 Å². The molecule has 1 aliphatic rings. The van der Waals surface area contributed by atoms with Crippen LogP contribution in [-0.4, -0.2) is 12.5 Å². The van der Waals surface area contributed by atoms with Gasteiger partial charge >= 0.3 is 0 Å². The Morgan fingerprint density at radius 2 is 2.00 bits per heavy atom. The Balaban J connectivity index is 2.00. The summed E-state index contributed by atoms with van der Waals surface area (Å²) in [5, 5.41) is 2.71. The van der Waals surface area contributed by atoms with E-state index in [9.17, 15) is 13.6 Å². The van der Waals surface area contributed by atoms with Gasteiger partial charge in [-0.15, -0.1) is 0 Å².